The lowest BCUT2D eigenvalue weighted by Gasteiger charge is -2.28. The third kappa shape index (κ3) is 4.48. The van der Waals surface area contributed by atoms with Crippen LogP contribution in [0, 0.1) is 0 Å². The van der Waals surface area contributed by atoms with Gasteiger partial charge in [-0.25, -0.2) is 0 Å². The van der Waals surface area contributed by atoms with Crippen LogP contribution < -0.4 is 0 Å². The number of aliphatic hydroxyl groups is 1. The molecule has 0 aromatic carbocycles. The zero-order chi connectivity index (χ0) is 12.7. The van der Waals surface area contributed by atoms with Gasteiger partial charge >= 0.3 is 0 Å². The smallest absolute Gasteiger partial charge is 0.240 e. The van der Waals surface area contributed by atoms with E-state index in [4.69, 9.17) is 5.11 Å². The van der Waals surface area contributed by atoms with E-state index in [0.717, 1.165) is 19.4 Å². The van der Waals surface area contributed by atoms with Crippen LogP contribution in [0.15, 0.2) is 11.8 Å². The first-order valence-corrected chi connectivity index (χ1v) is 6.47. The number of nitrogens with zero attached hydrogens (tertiary/aromatic N) is 2. The molecule has 0 bridgehead atoms. The summed E-state index contributed by atoms with van der Waals surface area (Å²) in [6, 6.07) is 0. The van der Waals surface area contributed by atoms with E-state index in [1.165, 1.54) is 18.5 Å². The monoisotopic (exact) mass is 240 g/mol. The van der Waals surface area contributed by atoms with E-state index in [9.17, 15) is 4.79 Å². The van der Waals surface area contributed by atoms with Gasteiger partial charge in [0, 0.05) is 18.8 Å². The van der Waals surface area contributed by atoms with Gasteiger partial charge < -0.3 is 10.0 Å². The van der Waals surface area contributed by atoms with Crippen LogP contribution in [0.4, 0.5) is 0 Å². The highest BCUT2D eigenvalue weighted by Gasteiger charge is 2.18. The van der Waals surface area contributed by atoms with Crippen LogP contribution in [0.5, 0.6) is 0 Å². The van der Waals surface area contributed by atoms with Crippen LogP contribution in [0.2, 0.25) is 0 Å². The van der Waals surface area contributed by atoms with E-state index >= 15 is 0 Å². The van der Waals surface area contributed by atoms with Gasteiger partial charge in [-0.05, 0) is 39.7 Å². The van der Waals surface area contributed by atoms with Crippen molar-refractivity contribution in [2.75, 3.05) is 33.3 Å². The summed E-state index contributed by atoms with van der Waals surface area (Å²) in [4.78, 5) is 15.9. The van der Waals surface area contributed by atoms with Gasteiger partial charge in [0.25, 0.3) is 0 Å². The summed E-state index contributed by atoms with van der Waals surface area (Å²) in [7, 11) is 1.86. The Kier molecular flexibility index (Phi) is 6.22. The quantitative estimate of drug-likeness (QED) is 0.759. The molecule has 0 heterocycles. The number of hydrogen-bond acceptors (Lipinski definition) is 3. The molecule has 0 radical (unpaired) electrons. The van der Waals surface area contributed by atoms with Gasteiger partial charge in [-0.2, -0.15) is 0 Å². The van der Waals surface area contributed by atoms with Crippen molar-refractivity contribution in [2.45, 2.75) is 32.6 Å². The molecule has 0 aliphatic heterocycles. The van der Waals surface area contributed by atoms with E-state index in [-0.39, 0.29) is 12.5 Å². The molecule has 0 saturated carbocycles. The molecule has 0 unspecified atom stereocenters. The lowest BCUT2D eigenvalue weighted by Crippen LogP contribution is -2.39. The minimum Gasteiger partial charge on any atom is -0.395 e. The summed E-state index contributed by atoms with van der Waals surface area (Å²) < 4.78 is 0. The van der Waals surface area contributed by atoms with Crippen molar-refractivity contribution >= 4 is 5.91 Å². The lowest BCUT2D eigenvalue weighted by molar-refractivity contribution is -0.130. The standard InChI is InChI=1S/C13H24N2O2/c1-3-15(12-7-5-4-6-8-12)13(17)11-14(2)9-10-16/h7,16H,3-6,8-11H2,1-2H3. The number of allylic oxidation sites excluding steroid dienone is 2. The highest BCUT2D eigenvalue weighted by molar-refractivity contribution is 5.80. The van der Waals surface area contributed by atoms with E-state index in [1.54, 1.807) is 0 Å². The molecule has 0 spiro atoms. The van der Waals surface area contributed by atoms with Gasteiger partial charge in [-0.3, -0.25) is 9.69 Å². The molecule has 1 aliphatic rings. The second kappa shape index (κ2) is 7.45. The summed E-state index contributed by atoms with van der Waals surface area (Å²) in [5.74, 6) is 0.136. The van der Waals surface area contributed by atoms with Gasteiger partial charge in [-0.1, -0.05) is 6.08 Å². The molecule has 98 valence electrons. The maximum Gasteiger partial charge on any atom is 0.240 e. The predicted octanol–water partition coefficient (Wildman–Crippen LogP) is 1.22. The maximum absolute atomic E-state index is 12.1. The number of rotatable bonds is 6. The number of carbonyl (C=O) groups excluding carboxylic acids is 1. The van der Waals surface area contributed by atoms with Crippen molar-refractivity contribution in [1.29, 1.82) is 0 Å². The van der Waals surface area contributed by atoms with Gasteiger partial charge in [0.2, 0.25) is 5.91 Å². The minimum atomic E-state index is 0.0958. The van der Waals surface area contributed by atoms with Crippen molar-refractivity contribution in [3.8, 4) is 0 Å². The SMILES string of the molecule is CCN(C(=O)CN(C)CCO)C1=CCCCC1. The molecule has 0 fully saturated rings. The Morgan fingerprint density at radius 2 is 2.24 bits per heavy atom. The van der Waals surface area contributed by atoms with Gasteiger partial charge in [0.05, 0.1) is 13.2 Å². The second-order valence-corrected chi connectivity index (χ2v) is 4.54. The molecular formula is C13H24N2O2. The molecule has 1 rings (SSSR count). The molecule has 0 aromatic rings. The summed E-state index contributed by atoms with van der Waals surface area (Å²) in [5, 5.41) is 8.82. The van der Waals surface area contributed by atoms with E-state index < -0.39 is 0 Å². The molecule has 17 heavy (non-hydrogen) atoms. The second-order valence-electron chi connectivity index (χ2n) is 4.54. The number of likely N-dealkylation sites (N-methyl/N-ethyl adjacent to an activating group) is 2. The van der Waals surface area contributed by atoms with E-state index in [0.29, 0.717) is 13.1 Å². The Hall–Kier alpha value is -0.870. The van der Waals surface area contributed by atoms with Crippen LogP contribution >= 0.6 is 0 Å². The first kappa shape index (κ1) is 14.2. The van der Waals surface area contributed by atoms with Crippen molar-refractivity contribution in [1.82, 2.24) is 9.80 Å². The molecule has 0 saturated heterocycles. The van der Waals surface area contributed by atoms with Crippen LogP contribution in [0.3, 0.4) is 0 Å². The first-order valence-electron chi connectivity index (χ1n) is 6.47. The lowest BCUT2D eigenvalue weighted by atomic mass is 10.0. The average Bonchev–Trinajstić information content (AvgIpc) is 2.31. The predicted molar refractivity (Wildman–Crippen MR) is 68.5 cm³/mol. The van der Waals surface area contributed by atoms with E-state index in [2.05, 4.69) is 6.08 Å². The average molecular weight is 240 g/mol. The number of aliphatic hydroxyl groups excluding tert-OH is 1. The van der Waals surface area contributed by atoms with Gasteiger partial charge in [0.15, 0.2) is 0 Å². The summed E-state index contributed by atoms with van der Waals surface area (Å²) in [6.07, 6.45) is 6.72. The van der Waals surface area contributed by atoms with Crippen molar-refractivity contribution < 1.29 is 9.90 Å². The first-order chi connectivity index (χ1) is 8.19. The summed E-state index contributed by atoms with van der Waals surface area (Å²) >= 11 is 0. The number of carbonyl (C=O) groups is 1. The number of hydrogen-bond donors (Lipinski definition) is 1. The van der Waals surface area contributed by atoms with Crippen molar-refractivity contribution in [3.63, 3.8) is 0 Å². The number of amides is 1. The molecule has 4 heteroatoms. The third-order valence-corrected chi connectivity index (χ3v) is 3.12. The van der Waals surface area contributed by atoms with E-state index in [1.807, 2.05) is 23.8 Å². The third-order valence-electron chi connectivity index (χ3n) is 3.12. The Morgan fingerprint density at radius 1 is 1.47 bits per heavy atom. The summed E-state index contributed by atoms with van der Waals surface area (Å²) in [6.45, 7) is 3.77. The van der Waals surface area contributed by atoms with Crippen LogP contribution in [-0.4, -0.2) is 54.1 Å². The zero-order valence-corrected chi connectivity index (χ0v) is 11.0. The zero-order valence-electron chi connectivity index (χ0n) is 11.0. The molecule has 0 aromatic heterocycles. The summed E-state index contributed by atoms with van der Waals surface area (Å²) in [5.41, 5.74) is 1.18. The van der Waals surface area contributed by atoms with Gasteiger partial charge in [0.1, 0.15) is 0 Å². The molecule has 1 amide bonds. The Morgan fingerprint density at radius 3 is 2.76 bits per heavy atom. The Labute approximate surface area is 104 Å². The van der Waals surface area contributed by atoms with Crippen LogP contribution in [0.1, 0.15) is 32.6 Å². The highest BCUT2D eigenvalue weighted by atomic mass is 16.3. The molecule has 4 nitrogen and oxygen atoms in total. The fraction of sp³-hybridized carbons (Fsp3) is 0.769. The maximum atomic E-state index is 12.1. The molecule has 1 aliphatic carbocycles. The van der Waals surface area contributed by atoms with Crippen LogP contribution in [0.25, 0.3) is 0 Å². The Balaban J connectivity index is 2.54. The van der Waals surface area contributed by atoms with Crippen LogP contribution in [-0.2, 0) is 4.79 Å². The minimum absolute atomic E-state index is 0.0958. The largest absolute Gasteiger partial charge is 0.395 e. The molecule has 0 atom stereocenters. The highest BCUT2D eigenvalue weighted by Crippen LogP contribution is 2.20. The topological polar surface area (TPSA) is 43.8 Å². The van der Waals surface area contributed by atoms with Crippen molar-refractivity contribution in [2.24, 2.45) is 0 Å². The van der Waals surface area contributed by atoms with Crippen molar-refractivity contribution in [3.05, 3.63) is 11.8 Å². The fourth-order valence-electron chi connectivity index (χ4n) is 2.17. The van der Waals surface area contributed by atoms with Gasteiger partial charge in [-0.15, -0.1) is 0 Å². The molecule has 1 N–H and O–H groups in total. The fourth-order valence-corrected chi connectivity index (χ4v) is 2.17. The normalized spacial score (nSPS) is 15.9. The Bertz CT molecular complexity index is 277. The molecular weight excluding hydrogens is 216 g/mol.